The number of fused-ring (bicyclic) bond motifs is 1. The number of halogens is 3. The predicted molar refractivity (Wildman–Crippen MR) is 102 cm³/mol. The Hall–Kier alpha value is -3.96. The van der Waals surface area contributed by atoms with Crippen LogP contribution in [0.5, 0.6) is 0 Å². The maximum Gasteiger partial charge on any atom is 0.416 e. The minimum atomic E-state index is -4.48. The third-order valence-electron chi connectivity index (χ3n) is 4.51. The summed E-state index contributed by atoms with van der Waals surface area (Å²) in [6.07, 6.45) is 2.38. The van der Waals surface area contributed by atoms with E-state index in [9.17, 15) is 22.8 Å². The summed E-state index contributed by atoms with van der Waals surface area (Å²) >= 11 is 0. The monoisotopic (exact) mass is 431 g/mol. The first-order valence-corrected chi connectivity index (χ1v) is 9.13. The van der Waals surface area contributed by atoms with Crippen molar-refractivity contribution in [3.63, 3.8) is 0 Å². The third kappa shape index (κ3) is 4.32. The first-order chi connectivity index (χ1) is 14.7. The van der Waals surface area contributed by atoms with Crippen LogP contribution in [0, 0.1) is 6.92 Å². The van der Waals surface area contributed by atoms with Gasteiger partial charge in [0.2, 0.25) is 5.82 Å². The molecule has 3 aromatic rings. The molecule has 1 N–H and O–H groups in total. The van der Waals surface area contributed by atoms with Crippen molar-refractivity contribution in [2.24, 2.45) is 0 Å². The molecule has 0 unspecified atom stereocenters. The van der Waals surface area contributed by atoms with E-state index in [0.717, 1.165) is 23.2 Å². The molecule has 2 amide bonds. The van der Waals surface area contributed by atoms with Gasteiger partial charge in [-0.25, -0.2) is 19.7 Å². The highest BCUT2D eigenvalue weighted by Crippen LogP contribution is 2.32. The van der Waals surface area contributed by atoms with E-state index in [0.29, 0.717) is 12.1 Å². The van der Waals surface area contributed by atoms with Gasteiger partial charge in [-0.15, -0.1) is 5.10 Å². The maximum absolute atomic E-state index is 13.0. The SMILES string of the molecule is Cc1cc(-c2ncn(/C=C\C(=O)NN3CCn4ccnc4C3=O)n2)cc(C(F)(F)F)c1. The predicted octanol–water partition coefficient (Wildman–Crippen LogP) is 2.13. The molecule has 0 fully saturated rings. The standard InChI is InChI=1S/C19H16F3N7O2/c1-12-8-13(10-14(9-12)19(20,21)22)16-24-11-28(26-16)4-2-15(30)25-29-7-6-27-5-3-23-17(27)18(29)31/h2-5,8-11H,6-7H2,1H3,(H,25,30)/b4-2-. The van der Waals surface area contributed by atoms with Crippen molar-refractivity contribution in [3.8, 4) is 11.4 Å². The highest BCUT2D eigenvalue weighted by atomic mass is 19.4. The van der Waals surface area contributed by atoms with Crippen molar-refractivity contribution in [2.75, 3.05) is 6.54 Å². The van der Waals surface area contributed by atoms with Gasteiger partial charge in [0.25, 0.3) is 5.91 Å². The van der Waals surface area contributed by atoms with Crippen LogP contribution in [0.15, 0.2) is 43.0 Å². The Labute approximate surface area is 173 Å². The highest BCUT2D eigenvalue weighted by Gasteiger charge is 2.31. The van der Waals surface area contributed by atoms with Crippen molar-refractivity contribution >= 4 is 18.0 Å². The van der Waals surface area contributed by atoms with Crippen LogP contribution in [-0.2, 0) is 17.5 Å². The number of imidazole rings is 1. The number of amides is 2. The number of alkyl halides is 3. The second-order valence-corrected chi connectivity index (χ2v) is 6.83. The minimum Gasteiger partial charge on any atom is -0.325 e. The summed E-state index contributed by atoms with van der Waals surface area (Å²) in [6, 6.07) is 3.55. The maximum atomic E-state index is 13.0. The van der Waals surface area contributed by atoms with Gasteiger partial charge in [-0.3, -0.25) is 15.0 Å². The van der Waals surface area contributed by atoms with Gasteiger partial charge in [0.15, 0.2) is 5.82 Å². The van der Waals surface area contributed by atoms with Gasteiger partial charge >= 0.3 is 12.1 Å². The molecule has 160 valence electrons. The number of aromatic nitrogens is 5. The molecule has 0 saturated carbocycles. The van der Waals surface area contributed by atoms with Crippen LogP contribution in [0.4, 0.5) is 13.2 Å². The molecule has 12 heteroatoms. The molecule has 0 radical (unpaired) electrons. The number of benzene rings is 1. The first-order valence-electron chi connectivity index (χ1n) is 9.13. The molecule has 1 aliphatic heterocycles. The van der Waals surface area contributed by atoms with E-state index in [-0.39, 0.29) is 23.8 Å². The summed E-state index contributed by atoms with van der Waals surface area (Å²) in [5.74, 6) is -0.702. The number of carbonyl (C=O) groups excluding carboxylic acids is 2. The van der Waals surface area contributed by atoms with E-state index in [2.05, 4.69) is 20.5 Å². The zero-order chi connectivity index (χ0) is 22.2. The van der Waals surface area contributed by atoms with E-state index < -0.39 is 23.6 Å². The summed E-state index contributed by atoms with van der Waals surface area (Å²) in [6.45, 7) is 2.33. The second kappa shape index (κ2) is 7.70. The van der Waals surface area contributed by atoms with Crippen LogP contribution < -0.4 is 5.43 Å². The fourth-order valence-corrected chi connectivity index (χ4v) is 3.09. The molecule has 1 aliphatic rings. The quantitative estimate of drug-likeness (QED) is 0.639. The molecule has 9 nitrogen and oxygen atoms in total. The molecule has 4 rings (SSSR count). The smallest absolute Gasteiger partial charge is 0.325 e. The Kier molecular flexibility index (Phi) is 5.05. The molecule has 0 bridgehead atoms. The zero-order valence-electron chi connectivity index (χ0n) is 16.2. The number of nitrogens with zero attached hydrogens (tertiary/aromatic N) is 6. The topological polar surface area (TPSA) is 97.9 Å². The van der Waals surface area contributed by atoms with E-state index in [1.807, 2.05) is 0 Å². The Morgan fingerprint density at radius 2 is 2.00 bits per heavy atom. The van der Waals surface area contributed by atoms with Crippen molar-refractivity contribution < 1.29 is 22.8 Å². The fraction of sp³-hybridized carbons (Fsp3) is 0.211. The summed E-state index contributed by atoms with van der Waals surface area (Å²) in [7, 11) is 0. The normalized spacial score (nSPS) is 14.2. The lowest BCUT2D eigenvalue weighted by Crippen LogP contribution is -2.50. The summed E-state index contributed by atoms with van der Waals surface area (Å²) in [4.78, 5) is 32.4. The number of rotatable bonds is 4. The molecular formula is C19H16F3N7O2. The Morgan fingerprint density at radius 1 is 1.19 bits per heavy atom. The largest absolute Gasteiger partial charge is 0.416 e. The van der Waals surface area contributed by atoms with Crippen LogP contribution in [0.25, 0.3) is 17.6 Å². The van der Waals surface area contributed by atoms with Crippen LogP contribution in [0.1, 0.15) is 21.7 Å². The fourth-order valence-electron chi connectivity index (χ4n) is 3.09. The second-order valence-electron chi connectivity index (χ2n) is 6.83. The average Bonchev–Trinajstić information content (AvgIpc) is 3.37. The molecule has 1 aromatic carbocycles. The van der Waals surface area contributed by atoms with Gasteiger partial charge in [-0.1, -0.05) is 0 Å². The highest BCUT2D eigenvalue weighted by molar-refractivity contribution is 5.96. The van der Waals surface area contributed by atoms with Crippen molar-refractivity contribution in [3.05, 3.63) is 59.9 Å². The number of hydrazine groups is 1. The van der Waals surface area contributed by atoms with Gasteiger partial charge in [-0.2, -0.15) is 13.2 Å². The van der Waals surface area contributed by atoms with Gasteiger partial charge in [0.1, 0.15) is 6.33 Å². The molecule has 2 aromatic heterocycles. The molecular weight excluding hydrogens is 415 g/mol. The van der Waals surface area contributed by atoms with Crippen LogP contribution in [-0.4, -0.2) is 47.7 Å². The lowest BCUT2D eigenvalue weighted by Gasteiger charge is -2.26. The Morgan fingerprint density at radius 3 is 2.77 bits per heavy atom. The minimum absolute atomic E-state index is 0.0808. The molecule has 0 saturated heterocycles. The Balaban J connectivity index is 1.44. The van der Waals surface area contributed by atoms with E-state index in [1.165, 1.54) is 29.5 Å². The van der Waals surface area contributed by atoms with Gasteiger partial charge in [-0.05, 0) is 30.7 Å². The first kappa shape index (κ1) is 20.3. The summed E-state index contributed by atoms with van der Waals surface area (Å²) in [5.41, 5.74) is 2.29. The van der Waals surface area contributed by atoms with E-state index in [4.69, 9.17) is 0 Å². The average molecular weight is 431 g/mol. The van der Waals surface area contributed by atoms with Crippen LogP contribution >= 0.6 is 0 Å². The number of carbonyl (C=O) groups is 2. The molecule has 0 atom stereocenters. The zero-order valence-corrected chi connectivity index (χ0v) is 16.2. The molecule has 3 heterocycles. The summed E-state index contributed by atoms with van der Waals surface area (Å²) < 4.78 is 42.0. The van der Waals surface area contributed by atoms with Crippen LogP contribution in [0.2, 0.25) is 0 Å². The molecule has 0 spiro atoms. The third-order valence-corrected chi connectivity index (χ3v) is 4.51. The van der Waals surface area contributed by atoms with E-state index >= 15 is 0 Å². The number of hydrogen-bond acceptors (Lipinski definition) is 5. The van der Waals surface area contributed by atoms with Crippen molar-refractivity contribution in [2.45, 2.75) is 19.6 Å². The van der Waals surface area contributed by atoms with E-state index in [1.54, 1.807) is 17.7 Å². The summed E-state index contributed by atoms with van der Waals surface area (Å²) in [5, 5.41) is 5.24. The Bertz CT molecular complexity index is 1180. The van der Waals surface area contributed by atoms with Crippen molar-refractivity contribution in [1.29, 1.82) is 0 Å². The van der Waals surface area contributed by atoms with Gasteiger partial charge in [0, 0.05) is 36.8 Å². The van der Waals surface area contributed by atoms with Gasteiger partial charge < -0.3 is 4.57 Å². The molecule has 0 aliphatic carbocycles. The lowest BCUT2D eigenvalue weighted by molar-refractivity contribution is -0.137. The number of hydrogen-bond donors (Lipinski definition) is 1. The number of nitrogens with one attached hydrogen (secondary N) is 1. The van der Waals surface area contributed by atoms with Gasteiger partial charge in [0.05, 0.1) is 12.1 Å². The van der Waals surface area contributed by atoms with Crippen molar-refractivity contribution in [1.82, 2.24) is 34.8 Å². The van der Waals surface area contributed by atoms with Crippen LogP contribution in [0.3, 0.4) is 0 Å². The number of aryl methyl sites for hydroxylation is 1. The lowest BCUT2D eigenvalue weighted by atomic mass is 10.1. The molecule has 31 heavy (non-hydrogen) atoms.